The van der Waals surface area contributed by atoms with E-state index < -0.39 is 0 Å². The topological polar surface area (TPSA) is 12.0 Å². The van der Waals surface area contributed by atoms with Crippen LogP contribution in [-0.2, 0) is 6.42 Å². The maximum Gasteiger partial charge on any atom is 0.00955 e. The second kappa shape index (κ2) is 5.83. The van der Waals surface area contributed by atoms with E-state index in [1.54, 1.807) is 0 Å². The zero-order valence-corrected chi connectivity index (χ0v) is 11.2. The molecule has 1 aromatic rings. The van der Waals surface area contributed by atoms with Gasteiger partial charge in [0.15, 0.2) is 0 Å². The molecule has 0 aliphatic heterocycles. The smallest absolute Gasteiger partial charge is 0.00955 e. The van der Waals surface area contributed by atoms with Crippen LogP contribution in [0.2, 0.25) is 0 Å². The Hall–Kier alpha value is -0.340. The van der Waals surface area contributed by atoms with Gasteiger partial charge in [0.05, 0.1) is 0 Å². The highest BCUT2D eigenvalue weighted by Gasteiger charge is 2.27. The normalized spacial score (nSPS) is 27.1. The summed E-state index contributed by atoms with van der Waals surface area (Å²) in [5.41, 5.74) is 1.51. The Balaban J connectivity index is 1.81. The second-order valence-electron chi connectivity index (χ2n) is 5.24. The Labute approximate surface area is 103 Å². The Morgan fingerprint density at radius 2 is 2.38 bits per heavy atom. The number of hydrogen-bond donors (Lipinski definition) is 1. The standard InChI is InChI=1S/C14H23NS/c1-11-3-5-13(9-11)14(15-2)6-4-12-7-8-16-10-12/h7-8,10-11,13-15H,3-6,9H2,1-2H3. The van der Waals surface area contributed by atoms with Crippen molar-refractivity contribution < 1.29 is 0 Å². The summed E-state index contributed by atoms with van der Waals surface area (Å²) in [6.45, 7) is 2.39. The quantitative estimate of drug-likeness (QED) is 0.823. The van der Waals surface area contributed by atoms with E-state index in [1.807, 2.05) is 11.3 Å². The first-order valence-corrected chi connectivity index (χ1v) is 7.42. The summed E-state index contributed by atoms with van der Waals surface area (Å²) in [6, 6.07) is 2.99. The van der Waals surface area contributed by atoms with Crippen LogP contribution in [0.5, 0.6) is 0 Å². The summed E-state index contributed by atoms with van der Waals surface area (Å²) in [5, 5.41) is 7.99. The van der Waals surface area contributed by atoms with Gasteiger partial charge in [0.1, 0.15) is 0 Å². The van der Waals surface area contributed by atoms with Gasteiger partial charge in [-0.05, 0) is 67.0 Å². The van der Waals surface area contributed by atoms with Gasteiger partial charge in [-0.25, -0.2) is 0 Å². The summed E-state index contributed by atoms with van der Waals surface area (Å²) in [4.78, 5) is 0. The molecule has 1 heterocycles. The van der Waals surface area contributed by atoms with Crippen molar-refractivity contribution in [1.29, 1.82) is 0 Å². The maximum atomic E-state index is 3.53. The summed E-state index contributed by atoms with van der Waals surface area (Å²) < 4.78 is 0. The molecule has 1 nitrogen and oxygen atoms in total. The fourth-order valence-corrected chi connectivity index (χ4v) is 3.69. The molecule has 0 spiro atoms. The van der Waals surface area contributed by atoms with Gasteiger partial charge in [0, 0.05) is 6.04 Å². The van der Waals surface area contributed by atoms with E-state index in [0.29, 0.717) is 0 Å². The van der Waals surface area contributed by atoms with Crippen molar-refractivity contribution >= 4 is 11.3 Å². The molecule has 1 N–H and O–H groups in total. The van der Waals surface area contributed by atoms with Crippen molar-refractivity contribution in [2.75, 3.05) is 7.05 Å². The first-order chi connectivity index (χ1) is 7.79. The van der Waals surface area contributed by atoms with Crippen LogP contribution >= 0.6 is 11.3 Å². The summed E-state index contributed by atoms with van der Waals surface area (Å²) in [5.74, 6) is 1.86. The average Bonchev–Trinajstić information content (AvgIpc) is 2.91. The lowest BCUT2D eigenvalue weighted by Gasteiger charge is -2.23. The fraction of sp³-hybridized carbons (Fsp3) is 0.714. The molecule has 1 aromatic heterocycles. The van der Waals surface area contributed by atoms with Gasteiger partial charge < -0.3 is 5.32 Å². The van der Waals surface area contributed by atoms with E-state index in [4.69, 9.17) is 0 Å². The molecular weight excluding hydrogens is 214 g/mol. The third-order valence-electron chi connectivity index (χ3n) is 4.00. The molecule has 2 rings (SSSR count). The minimum atomic E-state index is 0.727. The molecule has 2 heteroatoms. The highest BCUT2D eigenvalue weighted by atomic mass is 32.1. The van der Waals surface area contributed by atoms with E-state index in [2.05, 4.69) is 36.1 Å². The van der Waals surface area contributed by atoms with E-state index in [9.17, 15) is 0 Å². The SMILES string of the molecule is CNC(CCc1ccsc1)C1CCC(C)C1. The third kappa shape index (κ3) is 3.08. The van der Waals surface area contributed by atoms with E-state index in [1.165, 1.54) is 37.7 Å². The van der Waals surface area contributed by atoms with Crippen LogP contribution in [0.15, 0.2) is 16.8 Å². The Kier molecular flexibility index (Phi) is 4.42. The molecule has 1 aliphatic carbocycles. The Morgan fingerprint density at radius 1 is 1.50 bits per heavy atom. The van der Waals surface area contributed by atoms with Gasteiger partial charge >= 0.3 is 0 Å². The van der Waals surface area contributed by atoms with Gasteiger partial charge in [-0.1, -0.05) is 13.3 Å². The molecule has 16 heavy (non-hydrogen) atoms. The lowest BCUT2D eigenvalue weighted by molar-refractivity contribution is 0.351. The van der Waals surface area contributed by atoms with Crippen molar-refractivity contribution in [2.45, 2.75) is 45.1 Å². The summed E-state index contributed by atoms with van der Waals surface area (Å²) in [6.07, 6.45) is 6.82. The predicted octanol–water partition coefficient (Wildman–Crippen LogP) is 3.70. The Bertz CT molecular complexity index is 294. The zero-order valence-electron chi connectivity index (χ0n) is 10.4. The number of aryl methyl sites for hydroxylation is 1. The molecule has 0 amide bonds. The molecule has 3 atom stereocenters. The highest BCUT2D eigenvalue weighted by Crippen LogP contribution is 2.33. The average molecular weight is 237 g/mol. The molecule has 1 aliphatic rings. The predicted molar refractivity (Wildman–Crippen MR) is 72.0 cm³/mol. The minimum Gasteiger partial charge on any atom is -0.317 e. The third-order valence-corrected chi connectivity index (χ3v) is 4.73. The van der Waals surface area contributed by atoms with Crippen molar-refractivity contribution in [2.24, 2.45) is 11.8 Å². The van der Waals surface area contributed by atoms with Crippen molar-refractivity contribution in [1.82, 2.24) is 5.32 Å². The molecule has 0 aromatic carbocycles. The van der Waals surface area contributed by atoms with Crippen LogP contribution < -0.4 is 5.32 Å². The van der Waals surface area contributed by atoms with Crippen LogP contribution in [0.3, 0.4) is 0 Å². The van der Waals surface area contributed by atoms with Crippen LogP contribution in [0.4, 0.5) is 0 Å². The van der Waals surface area contributed by atoms with E-state index in [-0.39, 0.29) is 0 Å². The van der Waals surface area contributed by atoms with Gasteiger partial charge in [-0.2, -0.15) is 11.3 Å². The number of hydrogen-bond acceptors (Lipinski definition) is 2. The monoisotopic (exact) mass is 237 g/mol. The fourth-order valence-electron chi connectivity index (χ4n) is 2.99. The van der Waals surface area contributed by atoms with Crippen LogP contribution in [0.25, 0.3) is 0 Å². The summed E-state index contributed by atoms with van der Waals surface area (Å²) >= 11 is 1.81. The van der Waals surface area contributed by atoms with Crippen molar-refractivity contribution in [3.8, 4) is 0 Å². The van der Waals surface area contributed by atoms with Crippen LogP contribution in [0.1, 0.15) is 38.2 Å². The van der Waals surface area contributed by atoms with Crippen molar-refractivity contribution in [3.05, 3.63) is 22.4 Å². The first kappa shape index (κ1) is 12.1. The molecular formula is C14H23NS. The minimum absolute atomic E-state index is 0.727. The number of thiophene rings is 1. The maximum absolute atomic E-state index is 3.53. The highest BCUT2D eigenvalue weighted by molar-refractivity contribution is 7.07. The largest absolute Gasteiger partial charge is 0.317 e. The van der Waals surface area contributed by atoms with Gasteiger partial charge in [0.25, 0.3) is 0 Å². The molecule has 0 bridgehead atoms. The molecule has 90 valence electrons. The molecule has 0 saturated heterocycles. The van der Waals surface area contributed by atoms with Crippen LogP contribution in [0, 0.1) is 11.8 Å². The number of nitrogens with one attached hydrogen (secondary N) is 1. The molecule has 3 unspecified atom stereocenters. The van der Waals surface area contributed by atoms with Gasteiger partial charge in [-0.3, -0.25) is 0 Å². The van der Waals surface area contributed by atoms with Gasteiger partial charge in [-0.15, -0.1) is 0 Å². The lowest BCUT2D eigenvalue weighted by Crippen LogP contribution is -2.32. The second-order valence-corrected chi connectivity index (χ2v) is 6.02. The summed E-state index contributed by atoms with van der Waals surface area (Å²) in [7, 11) is 2.13. The van der Waals surface area contributed by atoms with Gasteiger partial charge in [0.2, 0.25) is 0 Å². The molecule has 1 fully saturated rings. The molecule has 0 radical (unpaired) electrons. The lowest BCUT2D eigenvalue weighted by atomic mass is 9.92. The first-order valence-electron chi connectivity index (χ1n) is 6.48. The van der Waals surface area contributed by atoms with E-state index in [0.717, 1.165) is 17.9 Å². The van der Waals surface area contributed by atoms with Crippen molar-refractivity contribution in [3.63, 3.8) is 0 Å². The van der Waals surface area contributed by atoms with E-state index >= 15 is 0 Å². The zero-order chi connectivity index (χ0) is 11.4. The van der Waals surface area contributed by atoms with Crippen LogP contribution in [-0.4, -0.2) is 13.1 Å². The Morgan fingerprint density at radius 3 is 2.94 bits per heavy atom. The molecule has 1 saturated carbocycles. The number of rotatable bonds is 5.